The van der Waals surface area contributed by atoms with Gasteiger partial charge in [-0.25, -0.2) is 0 Å². The van der Waals surface area contributed by atoms with Gasteiger partial charge < -0.3 is 10.3 Å². The highest BCUT2D eigenvalue weighted by Gasteiger charge is 2.25. The van der Waals surface area contributed by atoms with Crippen molar-refractivity contribution in [1.82, 2.24) is 4.57 Å². The topological polar surface area (TPSA) is 48.0 Å². The third kappa shape index (κ3) is 2.86. The number of nitrogens with zero attached hydrogens (tertiary/aromatic N) is 1. The summed E-state index contributed by atoms with van der Waals surface area (Å²) in [6.07, 6.45) is 2.48. The van der Waals surface area contributed by atoms with Crippen LogP contribution in [0.15, 0.2) is 48.5 Å². The van der Waals surface area contributed by atoms with Gasteiger partial charge in [-0.3, -0.25) is 4.79 Å². The van der Waals surface area contributed by atoms with Gasteiger partial charge in [-0.15, -0.1) is 0 Å². The van der Waals surface area contributed by atoms with Crippen molar-refractivity contribution in [3.63, 3.8) is 0 Å². The molecule has 0 bridgehead atoms. The largest absolute Gasteiger partial charge is 0.366 e. The molecule has 0 aliphatic heterocycles. The highest BCUT2D eigenvalue weighted by atomic mass is 35.5. The quantitative estimate of drug-likeness (QED) is 0.437. The van der Waals surface area contributed by atoms with E-state index in [0.717, 1.165) is 39.5 Å². The van der Waals surface area contributed by atoms with Gasteiger partial charge in [0.15, 0.2) is 0 Å². The van der Waals surface area contributed by atoms with Crippen LogP contribution >= 0.6 is 23.2 Å². The van der Waals surface area contributed by atoms with E-state index in [1.807, 2.05) is 30.3 Å². The van der Waals surface area contributed by atoms with E-state index in [4.69, 9.17) is 28.9 Å². The molecule has 3 nitrogen and oxygen atoms in total. The second-order valence-electron chi connectivity index (χ2n) is 7.39. The minimum Gasteiger partial charge on any atom is -0.366 e. The first-order valence-corrected chi connectivity index (χ1v) is 10.0. The van der Waals surface area contributed by atoms with Crippen molar-refractivity contribution in [3.8, 4) is 11.1 Å². The molecule has 1 radical (unpaired) electrons. The van der Waals surface area contributed by atoms with Crippen LogP contribution in [0.5, 0.6) is 0 Å². The van der Waals surface area contributed by atoms with Gasteiger partial charge in [-0.05, 0) is 66.8 Å². The van der Waals surface area contributed by atoms with Gasteiger partial charge in [0.25, 0.3) is 0 Å². The van der Waals surface area contributed by atoms with Gasteiger partial charge in [-0.2, -0.15) is 0 Å². The summed E-state index contributed by atoms with van der Waals surface area (Å²) in [6.45, 7) is 0.924. The lowest BCUT2D eigenvalue weighted by atomic mass is 10.0. The minimum absolute atomic E-state index is 0.422. The third-order valence-corrected chi connectivity index (χ3v) is 5.99. The van der Waals surface area contributed by atoms with E-state index in [0.29, 0.717) is 21.5 Å². The second kappa shape index (κ2) is 6.54. The Morgan fingerprint density at radius 3 is 2.68 bits per heavy atom. The molecule has 1 amide bonds. The number of primary amides is 1. The van der Waals surface area contributed by atoms with E-state index in [1.165, 1.54) is 12.8 Å². The molecule has 3 aromatic carbocycles. The molecule has 0 saturated heterocycles. The fourth-order valence-corrected chi connectivity index (χ4v) is 4.41. The number of carbonyl (C=O) groups is 1. The number of aromatic nitrogens is 1. The predicted molar refractivity (Wildman–Crippen MR) is 115 cm³/mol. The number of rotatable bonds is 4. The van der Waals surface area contributed by atoms with Gasteiger partial charge in [0.1, 0.15) is 0 Å². The van der Waals surface area contributed by atoms with E-state index in [-0.39, 0.29) is 0 Å². The lowest BCUT2D eigenvalue weighted by molar-refractivity contribution is 0.100. The van der Waals surface area contributed by atoms with Crippen LogP contribution in [0.4, 0.5) is 0 Å². The Morgan fingerprint density at radius 2 is 1.96 bits per heavy atom. The molecule has 0 spiro atoms. The fourth-order valence-electron chi connectivity index (χ4n) is 3.90. The van der Waals surface area contributed by atoms with Crippen molar-refractivity contribution in [2.24, 2.45) is 11.7 Å². The Kier molecular flexibility index (Phi) is 4.11. The van der Waals surface area contributed by atoms with Gasteiger partial charge in [0.2, 0.25) is 5.91 Å². The first-order valence-electron chi connectivity index (χ1n) is 9.25. The number of hydrogen-bond acceptors (Lipinski definition) is 1. The average molecular weight is 408 g/mol. The number of nitrogens with two attached hydrogens (primary N) is 1. The Balaban J connectivity index is 1.81. The highest BCUT2D eigenvalue weighted by Crippen LogP contribution is 2.39. The first kappa shape index (κ1) is 17.6. The molecular formula is C23H17Cl2N2O. The SMILES string of the molecule is NC(=O)c1cccc2c1c1[c]cc(-c3ccc(Cl)cc3Cl)cc1n2CC1CC1. The van der Waals surface area contributed by atoms with E-state index in [9.17, 15) is 4.79 Å². The Labute approximate surface area is 172 Å². The van der Waals surface area contributed by atoms with E-state index < -0.39 is 5.91 Å². The zero-order valence-electron chi connectivity index (χ0n) is 15.0. The first-order chi connectivity index (χ1) is 13.5. The molecule has 139 valence electrons. The van der Waals surface area contributed by atoms with Gasteiger partial charge in [-0.1, -0.05) is 35.3 Å². The molecule has 1 aliphatic rings. The van der Waals surface area contributed by atoms with Crippen molar-refractivity contribution < 1.29 is 4.79 Å². The van der Waals surface area contributed by atoms with Crippen molar-refractivity contribution in [1.29, 1.82) is 0 Å². The van der Waals surface area contributed by atoms with Crippen LogP contribution in [0, 0.1) is 12.0 Å². The summed E-state index contributed by atoms with van der Waals surface area (Å²) in [5, 5.41) is 2.99. The number of hydrogen-bond donors (Lipinski definition) is 1. The molecule has 1 aliphatic carbocycles. The second-order valence-corrected chi connectivity index (χ2v) is 8.23. The standard InChI is InChI=1S/C23H17Cl2N2O/c24-15-7-9-16(19(25)11-15)14-6-8-17-21(10-14)27(12-13-4-5-13)20-3-1-2-18(22(17)20)23(26)28/h1-3,6-7,9-11,13H,4-5,12H2,(H2,26,28). The van der Waals surface area contributed by atoms with Crippen LogP contribution in [0.25, 0.3) is 32.9 Å². The molecule has 1 aromatic heterocycles. The number of amides is 1. The smallest absolute Gasteiger partial charge is 0.249 e. The number of benzene rings is 3. The summed E-state index contributed by atoms with van der Waals surface area (Å²) in [5.74, 6) is 0.258. The summed E-state index contributed by atoms with van der Waals surface area (Å²) in [5.41, 5.74) is 10.1. The fraction of sp³-hybridized carbons (Fsp3) is 0.174. The van der Waals surface area contributed by atoms with Crippen molar-refractivity contribution in [3.05, 3.63) is 70.2 Å². The van der Waals surface area contributed by atoms with Gasteiger partial charge in [0.05, 0.1) is 5.52 Å². The lowest BCUT2D eigenvalue weighted by Crippen LogP contribution is -2.11. The van der Waals surface area contributed by atoms with Crippen molar-refractivity contribution >= 4 is 50.9 Å². The summed E-state index contributed by atoms with van der Waals surface area (Å²) >= 11 is 12.5. The van der Waals surface area contributed by atoms with E-state index in [2.05, 4.69) is 16.7 Å². The molecule has 1 heterocycles. The van der Waals surface area contributed by atoms with E-state index >= 15 is 0 Å². The number of fused-ring (bicyclic) bond motifs is 3. The van der Waals surface area contributed by atoms with Crippen LogP contribution in [0.1, 0.15) is 23.2 Å². The summed E-state index contributed by atoms with van der Waals surface area (Å²) < 4.78 is 2.29. The van der Waals surface area contributed by atoms with Crippen molar-refractivity contribution in [2.75, 3.05) is 0 Å². The van der Waals surface area contributed by atoms with Crippen LogP contribution < -0.4 is 5.73 Å². The predicted octanol–water partition coefficient (Wildman–Crippen LogP) is 6.08. The maximum Gasteiger partial charge on any atom is 0.249 e. The summed E-state index contributed by atoms with van der Waals surface area (Å²) in [6, 6.07) is 18.6. The molecule has 2 N–H and O–H groups in total. The van der Waals surface area contributed by atoms with Crippen LogP contribution in [-0.4, -0.2) is 10.5 Å². The summed E-state index contributed by atoms with van der Waals surface area (Å²) in [4.78, 5) is 12.0. The Morgan fingerprint density at radius 1 is 1.14 bits per heavy atom. The molecule has 0 unspecified atom stereocenters. The molecule has 0 atom stereocenters. The molecule has 5 rings (SSSR count). The van der Waals surface area contributed by atoms with Crippen molar-refractivity contribution in [2.45, 2.75) is 19.4 Å². The maximum atomic E-state index is 12.0. The Hall–Kier alpha value is -2.49. The number of carbonyl (C=O) groups excluding carboxylic acids is 1. The Bertz CT molecular complexity index is 1250. The molecule has 5 heteroatoms. The molecule has 1 fully saturated rings. The number of halogens is 2. The monoisotopic (exact) mass is 407 g/mol. The maximum absolute atomic E-state index is 12.0. The van der Waals surface area contributed by atoms with Gasteiger partial charge in [0, 0.05) is 44.0 Å². The van der Waals surface area contributed by atoms with Crippen LogP contribution in [0.2, 0.25) is 10.0 Å². The van der Waals surface area contributed by atoms with Crippen LogP contribution in [0.3, 0.4) is 0 Å². The third-order valence-electron chi connectivity index (χ3n) is 5.44. The lowest BCUT2D eigenvalue weighted by Gasteiger charge is -2.09. The van der Waals surface area contributed by atoms with E-state index in [1.54, 1.807) is 12.1 Å². The average Bonchev–Trinajstić information content (AvgIpc) is 3.44. The highest BCUT2D eigenvalue weighted by molar-refractivity contribution is 6.36. The normalized spacial score (nSPS) is 14.1. The molecule has 28 heavy (non-hydrogen) atoms. The zero-order valence-corrected chi connectivity index (χ0v) is 16.5. The molecule has 4 aromatic rings. The van der Waals surface area contributed by atoms with Crippen LogP contribution in [-0.2, 0) is 6.54 Å². The minimum atomic E-state index is -0.422. The summed E-state index contributed by atoms with van der Waals surface area (Å²) in [7, 11) is 0. The molecule has 1 saturated carbocycles. The van der Waals surface area contributed by atoms with Gasteiger partial charge >= 0.3 is 0 Å². The molecular weight excluding hydrogens is 391 g/mol. The zero-order chi connectivity index (χ0) is 19.4.